The lowest BCUT2D eigenvalue weighted by Crippen LogP contribution is -2.48. The Hall–Kier alpha value is -0.610. The lowest BCUT2D eigenvalue weighted by Gasteiger charge is -2.34. The van der Waals surface area contributed by atoms with Crippen LogP contribution < -0.4 is 5.32 Å². The third kappa shape index (κ3) is 4.94. The molecule has 1 saturated heterocycles. The predicted octanol–water partition coefficient (Wildman–Crippen LogP) is 1.81. The van der Waals surface area contributed by atoms with Crippen LogP contribution in [0.15, 0.2) is 0 Å². The number of piperidine rings is 1. The van der Waals surface area contributed by atoms with Crippen LogP contribution in [0.2, 0.25) is 0 Å². The number of rotatable bonds is 6. The van der Waals surface area contributed by atoms with E-state index in [1.54, 1.807) is 0 Å². The summed E-state index contributed by atoms with van der Waals surface area (Å²) in [5, 5.41) is 12.6. The molecule has 1 heterocycles. The van der Waals surface area contributed by atoms with Crippen molar-refractivity contribution in [2.24, 2.45) is 11.8 Å². The van der Waals surface area contributed by atoms with Gasteiger partial charge in [0.25, 0.3) is 0 Å². The van der Waals surface area contributed by atoms with Gasteiger partial charge in [-0.25, -0.2) is 0 Å². The van der Waals surface area contributed by atoms with Gasteiger partial charge in [-0.2, -0.15) is 0 Å². The lowest BCUT2D eigenvalue weighted by molar-refractivity contribution is -0.140. The van der Waals surface area contributed by atoms with Gasteiger partial charge in [0.1, 0.15) is 6.04 Å². The van der Waals surface area contributed by atoms with E-state index in [1.165, 1.54) is 12.8 Å². The number of carboxylic acids is 1. The maximum Gasteiger partial charge on any atom is 0.320 e. The van der Waals surface area contributed by atoms with Gasteiger partial charge in [-0.1, -0.05) is 13.8 Å². The minimum atomic E-state index is -0.719. The Kier molecular flexibility index (Phi) is 6.09. The van der Waals surface area contributed by atoms with Crippen molar-refractivity contribution in [1.82, 2.24) is 10.2 Å². The number of carbonyl (C=O) groups is 1. The lowest BCUT2D eigenvalue weighted by atomic mass is 9.89. The van der Waals surface area contributed by atoms with E-state index in [1.807, 2.05) is 0 Å². The molecule has 1 fully saturated rings. The maximum absolute atomic E-state index is 11.2. The molecule has 2 N–H and O–H groups in total. The van der Waals surface area contributed by atoms with Crippen LogP contribution in [0.4, 0.5) is 0 Å². The number of nitrogens with one attached hydrogen (secondary N) is 1. The molecule has 0 aromatic heterocycles. The van der Waals surface area contributed by atoms with E-state index in [9.17, 15) is 9.90 Å². The molecule has 4 nitrogen and oxygen atoms in total. The summed E-state index contributed by atoms with van der Waals surface area (Å²) in [5.41, 5.74) is 0. The van der Waals surface area contributed by atoms with Gasteiger partial charge in [0.2, 0.25) is 0 Å². The number of hydrogen-bond acceptors (Lipinski definition) is 3. The quantitative estimate of drug-likeness (QED) is 0.761. The van der Waals surface area contributed by atoms with E-state index in [-0.39, 0.29) is 0 Å². The van der Waals surface area contributed by atoms with Crippen molar-refractivity contribution in [3.63, 3.8) is 0 Å². The van der Waals surface area contributed by atoms with Crippen LogP contribution in [-0.2, 0) is 4.79 Å². The minimum absolute atomic E-state index is 0.290. The fourth-order valence-electron chi connectivity index (χ4n) is 2.69. The first-order chi connectivity index (χ1) is 8.40. The molecule has 0 spiro atoms. The average Bonchev–Trinajstić information content (AvgIpc) is 2.28. The summed E-state index contributed by atoms with van der Waals surface area (Å²) < 4.78 is 0. The summed E-state index contributed by atoms with van der Waals surface area (Å²) in [6.07, 6.45) is 3.03. The molecule has 2 unspecified atom stereocenters. The standard InChI is InChI=1S/C14H28N2O2/c1-10(2)9-13(14(17)18)15-11(3)12-5-7-16(4)8-6-12/h10-13,15H,5-9H2,1-4H3,(H,17,18). The minimum Gasteiger partial charge on any atom is -0.480 e. The van der Waals surface area contributed by atoms with Crippen molar-refractivity contribution in [2.45, 2.75) is 52.1 Å². The van der Waals surface area contributed by atoms with Crippen LogP contribution in [0, 0.1) is 11.8 Å². The summed E-state index contributed by atoms with van der Waals surface area (Å²) in [4.78, 5) is 13.6. The van der Waals surface area contributed by atoms with Crippen molar-refractivity contribution in [1.29, 1.82) is 0 Å². The zero-order valence-corrected chi connectivity index (χ0v) is 12.1. The van der Waals surface area contributed by atoms with E-state index >= 15 is 0 Å². The largest absolute Gasteiger partial charge is 0.480 e. The first kappa shape index (κ1) is 15.4. The Balaban J connectivity index is 2.45. The molecule has 0 amide bonds. The molecule has 2 atom stereocenters. The van der Waals surface area contributed by atoms with Crippen molar-refractivity contribution in [3.05, 3.63) is 0 Å². The molecular weight excluding hydrogens is 228 g/mol. The van der Waals surface area contributed by atoms with Crippen molar-refractivity contribution in [2.75, 3.05) is 20.1 Å². The second-order valence-corrected chi connectivity index (χ2v) is 6.12. The molecule has 1 aliphatic heterocycles. The van der Waals surface area contributed by atoms with E-state index in [0.717, 1.165) is 13.1 Å². The predicted molar refractivity (Wildman–Crippen MR) is 73.7 cm³/mol. The smallest absolute Gasteiger partial charge is 0.320 e. The van der Waals surface area contributed by atoms with Crippen molar-refractivity contribution < 1.29 is 9.90 Å². The average molecular weight is 256 g/mol. The molecule has 4 heteroatoms. The summed E-state index contributed by atoms with van der Waals surface area (Å²) in [6, 6.07) is -0.113. The van der Waals surface area contributed by atoms with Gasteiger partial charge in [-0.15, -0.1) is 0 Å². The summed E-state index contributed by atoms with van der Waals surface area (Å²) >= 11 is 0. The molecule has 0 saturated carbocycles. The van der Waals surface area contributed by atoms with Gasteiger partial charge in [0.05, 0.1) is 0 Å². The van der Waals surface area contributed by atoms with Crippen molar-refractivity contribution >= 4 is 5.97 Å². The topological polar surface area (TPSA) is 52.6 Å². The van der Waals surface area contributed by atoms with E-state index < -0.39 is 12.0 Å². The van der Waals surface area contributed by atoms with Crippen molar-refractivity contribution in [3.8, 4) is 0 Å². The van der Waals surface area contributed by atoms with Gasteiger partial charge in [0.15, 0.2) is 0 Å². The summed E-state index contributed by atoms with van der Waals surface area (Å²) in [5.74, 6) is 0.293. The van der Waals surface area contributed by atoms with Crippen LogP contribution in [-0.4, -0.2) is 48.2 Å². The van der Waals surface area contributed by atoms with E-state index in [0.29, 0.717) is 24.3 Å². The summed E-state index contributed by atoms with van der Waals surface area (Å²) in [6.45, 7) is 8.51. The highest BCUT2D eigenvalue weighted by Gasteiger charge is 2.27. The zero-order valence-electron chi connectivity index (χ0n) is 12.1. The van der Waals surface area contributed by atoms with Crippen LogP contribution in [0.5, 0.6) is 0 Å². The second-order valence-electron chi connectivity index (χ2n) is 6.12. The molecule has 0 aromatic carbocycles. The fourth-order valence-corrected chi connectivity index (χ4v) is 2.69. The van der Waals surface area contributed by atoms with Crippen LogP contribution in [0.1, 0.15) is 40.0 Å². The Morgan fingerprint density at radius 3 is 2.33 bits per heavy atom. The zero-order chi connectivity index (χ0) is 13.7. The van der Waals surface area contributed by atoms with Gasteiger partial charge < -0.3 is 15.3 Å². The number of likely N-dealkylation sites (tertiary alicyclic amines) is 1. The highest BCUT2D eigenvalue weighted by atomic mass is 16.4. The highest BCUT2D eigenvalue weighted by molar-refractivity contribution is 5.73. The Bertz CT molecular complexity index is 261. The SMILES string of the molecule is CC(C)CC(NC(C)C1CCN(C)CC1)C(=O)O. The van der Waals surface area contributed by atoms with Gasteiger partial charge in [-0.3, -0.25) is 4.79 Å². The number of carboxylic acid groups (broad SMARTS) is 1. The van der Waals surface area contributed by atoms with Gasteiger partial charge in [0, 0.05) is 6.04 Å². The normalized spacial score (nSPS) is 22.1. The monoisotopic (exact) mass is 256 g/mol. The molecule has 0 aromatic rings. The van der Waals surface area contributed by atoms with Crippen LogP contribution >= 0.6 is 0 Å². The molecule has 0 aliphatic carbocycles. The first-order valence-electron chi connectivity index (χ1n) is 7.07. The number of nitrogens with zero attached hydrogens (tertiary/aromatic N) is 1. The van der Waals surface area contributed by atoms with Gasteiger partial charge >= 0.3 is 5.97 Å². The molecule has 0 radical (unpaired) electrons. The summed E-state index contributed by atoms with van der Waals surface area (Å²) in [7, 11) is 2.15. The van der Waals surface area contributed by atoms with Crippen LogP contribution in [0.3, 0.4) is 0 Å². The van der Waals surface area contributed by atoms with E-state index in [4.69, 9.17) is 0 Å². The molecule has 18 heavy (non-hydrogen) atoms. The Morgan fingerprint density at radius 2 is 1.89 bits per heavy atom. The van der Waals surface area contributed by atoms with E-state index in [2.05, 4.69) is 38.0 Å². The highest BCUT2D eigenvalue weighted by Crippen LogP contribution is 2.20. The maximum atomic E-state index is 11.2. The second kappa shape index (κ2) is 7.10. The number of hydrogen-bond donors (Lipinski definition) is 2. The third-order valence-electron chi connectivity index (χ3n) is 3.94. The Labute approximate surface area is 111 Å². The first-order valence-corrected chi connectivity index (χ1v) is 7.07. The fraction of sp³-hybridized carbons (Fsp3) is 0.929. The molecule has 1 aliphatic rings. The molecule has 106 valence electrons. The van der Waals surface area contributed by atoms with Crippen LogP contribution in [0.25, 0.3) is 0 Å². The van der Waals surface area contributed by atoms with Gasteiger partial charge in [-0.05, 0) is 58.2 Å². The third-order valence-corrected chi connectivity index (χ3v) is 3.94. The molecule has 1 rings (SSSR count). The number of aliphatic carboxylic acids is 1. The molecule has 0 bridgehead atoms. The molecular formula is C14H28N2O2. The Morgan fingerprint density at radius 1 is 1.33 bits per heavy atom.